The fourth-order valence-corrected chi connectivity index (χ4v) is 3.13. The van der Waals surface area contributed by atoms with Crippen molar-refractivity contribution in [2.75, 3.05) is 32.8 Å². The Kier molecular flexibility index (Phi) is 4.72. The number of aryl methyl sites for hydroxylation is 1. The van der Waals surface area contributed by atoms with Gasteiger partial charge in [-0.15, -0.1) is 0 Å². The molecule has 0 spiro atoms. The summed E-state index contributed by atoms with van der Waals surface area (Å²) in [7, 11) is 0. The number of aromatic amines is 1. The zero-order valence-corrected chi connectivity index (χ0v) is 12.7. The third kappa shape index (κ3) is 3.30. The van der Waals surface area contributed by atoms with E-state index in [0.29, 0.717) is 45.7 Å². The number of amides is 2. The summed E-state index contributed by atoms with van der Waals surface area (Å²) in [6, 6.07) is -0.282. The van der Waals surface area contributed by atoms with E-state index in [1.165, 1.54) is 0 Å². The van der Waals surface area contributed by atoms with E-state index in [1.54, 1.807) is 17.3 Å². The van der Waals surface area contributed by atoms with Crippen molar-refractivity contribution in [1.82, 2.24) is 20.0 Å². The molecule has 1 N–H and O–H groups in total. The number of carbonyl (C=O) groups excluding carboxylic acids is 2. The quantitative estimate of drug-likeness (QED) is 0.861. The van der Waals surface area contributed by atoms with Gasteiger partial charge in [0.1, 0.15) is 6.04 Å². The Labute approximate surface area is 129 Å². The number of nitrogens with one attached hydrogen (secondary N) is 1. The number of ether oxygens (including phenoxy) is 1. The van der Waals surface area contributed by atoms with Gasteiger partial charge >= 0.3 is 0 Å². The van der Waals surface area contributed by atoms with Crippen LogP contribution in [0.5, 0.6) is 0 Å². The normalized spacial score (nSPS) is 22.1. The first kappa shape index (κ1) is 15.0. The highest BCUT2D eigenvalue weighted by atomic mass is 16.5. The molecule has 3 heterocycles. The van der Waals surface area contributed by atoms with Gasteiger partial charge in [0, 0.05) is 32.3 Å². The summed E-state index contributed by atoms with van der Waals surface area (Å²) in [6.07, 6.45) is 6.28. The number of nitrogens with zero attached hydrogens (tertiary/aromatic N) is 3. The van der Waals surface area contributed by atoms with E-state index in [9.17, 15) is 9.59 Å². The van der Waals surface area contributed by atoms with Gasteiger partial charge in [0.05, 0.1) is 19.4 Å². The minimum Gasteiger partial charge on any atom is -0.378 e. The van der Waals surface area contributed by atoms with Crippen molar-refractivity contribution >= 4 is 11.8 Å². The molecule has 0 saturated carbocycles. The summed E-state index contributed by atoms with van der Waals surface area (Å²) < 4.78 is 5.28. The molecule has 0 bridgehead atoms. The highest BCUT2D eigenvalue weighted by Gasteiger charge is 2.36. The first-order valence-electron chi connectivity index (χ1n) is 7.89. The molecule has 0 aliphatic carbocycles. The van der Waals surface area contributed by atoms with Crippen molar-refractivity contribution in [1.29, 1.82) is 0 Å². The molecule has 7 heteroatoms. The molecule has 22 heavy (non-hydrogen) atoms. The highest BCUT2D eigenvalue weighted by Crippen LogP contribution is 2.21. The molecule has 0 unspecified atom stereocenters. The van der Waals surface area contributed by atoms with Crippen LogP contribution < -0.4 is 0 Å². The van der Waals surface area contributed by atoms with E-state index < -0.39 is 0 Å². The number of aromatic nitrogens is 2. The topological polar surface area (TPSA) is 78.5 Å². The van der Waals surface area contributed by atoms with E-state index in [1.807, 2.05) is 4.90 Å². The van der Waals surface area contributed by atoms with Crippen molar-refractivity contribution in [2.24, 2.45) is 0 Å². The second-order valence-electron chi connectivity index (χ2n) is 5.79. The second kappa shape index (κ2) is 6.91. The molecule has 7 nitrogen and oxygen atoms in total. The van der Waals surface area contributed by atoms with E-state index in [0.717, 1.165) is 18.4 Å². The van der Waals surface area contributed by atoms with Crippen LogP contribution in [0.25, 0.3) is 0 Å². The predicted molar refractivity (Wildman–Crippen MR) is 79.0 cm³/mol. The van der Waals surface area contributed by atoms with E-state index in [4.69, 9.17) is 4.74 Å². The summed E-state index contributed by atoms with van der Waals surface area (Å²) in [6.45, 7) is 3.13. The molecule has 2 aliphatic rings. The summed E-state index contributed by atoms with van der Waals surface area (Å²) in [4.78, 5) is 28.6. The maximum atomic E-state index is 12.6. The predicted octanol–water partition coefficient (Wildman–Crippen LogP) is 0.192. The van der Waals surface area contributed by atoms with E-state index in [2.05, 4.69) is 10.2 Å². The number of likely N-dealkylation sites (tertiary alicyclic amines) is 1. The van der Waals surface area contributed by atoms with Gasteiger partial charge in [-0.1, -0.05) is 0 Å². The Morgan fingerprint density at radius 1 is 1.32 bits per heavy atom. The average molecular weight is 306 g/mol. The van der Waals surface area contributed by atoms with Crippen molar-refractivity contribution in [3.05, 3.63) is 18.0 Å². The van der Waals surface area contributed by atoms with Crippen LogP contribution in [0.2, 0.25) is 0 Å². The number of carbonyl (C=O) groups is 2. The van der Waals surface area contributed by atoms with Gasteiger partial charge < -0.3 is 14.5 Å². The smallest absolute Gasteiger partial charge is 0.245 e. The summed E-state index contributed by atoms with van der Waals surface area (Å²) in [5, 5.41) is 6.62. The molecular formula is C15H22N4O3. The molecule has 2 aliphatic heterocycles. The number of hydrogen-bond acceptors (Lipinski definition) is 4. The minimum absolute atomic E-state index is 0.0605. The van der Waals surface area contributed by atoms with Crippen LogP contribution in [-0.4, -0.2) is 70.7 Å². The van der Waals surface area contributed by atoms with Crippen molar-refractivity contribution in [2.45, 2.75) is 31.7 Å². The largest absolute Gasteiger partial charge is 0.378 e. The molecule has 0 aromatic carbocycles. The maximum Gasteiger partial charge on any atom is 0.245 e. The highest BCUT2D eigenvalue weighted by molar-refractivity contribution is 5.88. The number of hydrogen-bond donors (Lipinski definition) is 1. The molecule has 1 aromatic heterocycles. The molecule has 2 amide bonds. The molecule has 3 rings (SSSR count). The molecule has 1 aromatic rings. The number of H-pyrrole nitrogens is 1. The summed E-state index contributed by atoms with van der Waals surface area (Å²) in [5.74, 6) is 0.141. The molecule has 0 radical (unpaired) electrons. The Balaban J connectivity index is 1.57. The second-order valence-corrected chi connectivity index (χ2v) is 5.79. The molecule has 2 fully saturated rings. The lowest BCUT2D eigenvalue weighted by molar-refractivity contribution is -0.146. The Morgan fingerprint density at radius 3 is 2.86 bits per heavy atom. The van der Waals surface area contributed by atoms with Crippen LogP contribution in [0.3, 0.4) is 0 Å². The third-order valence-electron chi connectivity index (χ3n) is 4.36. The Morgan fingerprint density at radius 2 is 2.14 bits per heavy atom. The zero-order valence-electron chi connectivity index (χ0n) is 12.7. The van der Waals surface area contributed by atoms with Gasteiger partial charge in [0.2, 0.25) is 11.8 Å². The van der Waals surface area contributed by atoms with Crippen molar-refractivity contribution < 1.29 is 14.3 Å². The van der Waals surface area contributed by atoms with Crippen molar-refractivity contribution in [3.8, 4) is 0 Å². The zero-order chi connectivity index (χ0) is 15.4. The molecule has 1 atom stereocenters. The van der Waals surface area contributed by atoms with Crippen LogP contribution in [-0.2, 0) is 20.7 Å². The van der Waals surface area contributed by atoms with Gasteiger partial charge in [0.15, 0.2) is 0 Å². The van der Waals surface area contributed by atoms with Crippen LogP contribution in [0.15, 0.2) is 12.4 Å². The van der Waals surface area contributed by atoms with Gasteiger partial charge in [-0.05, 0) is 24.8 Å². The van der Waals surface area contributed by atoms with Gasteiger partial charge in [0.25, 0.3) is 0 Å². The Hall–Kier alpha value is -1.89. The van der Waals surface area contributed by atoms with Gasteiger partial charge in [-0.25, -0.2) is 0 Å². The molecule has 2 saturated heterocycles. The lowest BCUT2D eigenvalue weighted by Crippen LogP contribution is -2.51. The van der Waals surface area contributed by atoms with Crippen LogP contribution in [0.1, 0.15) is 24.8 Å². The van der Waals surface area contributed by atoms with E-state index in [-0.39, 0.29) is 17.9 Å². The van der Waals surface area contributed by atoms with E-state index >= 15 is 0 Å². The van der Waals surface area contributed by atoms with Crippen LogP contribution >= 0.6 is 0 Å². The molecule has 120 valence electrons. The first-order chi connectivity index (χ1) is 10.8. The lowest BCUT2D eigenvalue weighted by atomic mass is 10.1. The third-order valence-corrected chi connectivity index (χ3v) is 4.36. The van der Waals surface area contributed by atoms with Gasteiger partial charge in [-0.2, -0.15) is 5.10 Å². The fraction of sp³-hybridized carbons (Fsp3) is 0.667. The SMILES string of the molecule is O=C([C@@H]1CCCN1C(=O)CCc1cn[nH]c1)N1CCOCC1. The monoisotopic (exact) mass is 306 g/mol. The fourth-order valence-electron chi connectivity index (χ4n) is 3.13. The van der Waals surface area contributed by atoms with Crippen LogP contribution in [0, 0.1) is 0 Å². The number of morpholine rings is 1. The summed E-state index contributed by atoms with van der Waals surface area (Å²) in [5.41, 5.74) is 1.02. The van der Waals surface area contributed by atoms with Gasteiger partial charge in [-0.3, -0.25) is 14.7 Å². The minimum atomic E-state index is -0.282. The first-order valence-corrected chi connectivity index (χ1v) is 7.89. The number of rotatable bonds is 4. The standard InChI is InChI=1S/C15H22N4O3/c20-14(4-3-12-10-16-17-11-12)19-5-1-2-13(19)15(21)18-6-8-22-9-7-18/h10-11,13H,1-9H2,(H,16,17)/t13-/m0/s1. The Bertz CT molecular complexity index is 511. The van der Waals surface area contributed by atoms with Crippen LogP contribution in [0.4, 0.5) is 0 Å². The lowest BCUT2D eigenvalue weighted by Gasteiger charge is -2.32. The summed E-state index contributed by atoms with van der Waals surface area (Å²) >= 11 is 0. The molecular weight excluding hydrogens is 284 g/mol. The van der Waals surface area contributed by atoms with Crippen molar-refractivity contribution in [3.63, 3.8) is 0 Å². The maximum absolute atomic E-state index is 12.6. The average Bonchev–Trinajstić information content (AvgIpc) is 3.24.